The van der Waals surface area contributed by atoms with Gasteiger partial charge in [0.15, 0.2) is 0 Å². The zero-order valence-electron chi connectivity index (χ0n) is 20.4. The Bertz CT molecular complexity index is 1170. The van der Waals surface area contributed by atoms with E-state index in [-0.39, 0.29) is 5.41 Å². The lowest BCUT2D eigenvalue weighted by Gasteiger charge is -2.27. The van der Waals surface area contributed by atoms with Crippen molar-refractivity contribution in [3.63, 3.8) is 0 Å². The molecule has 0 radical (unpaired) electrons. The summed E-state index contributed by atoms with van der Waals surface area (Å²) in [6.45, 7) is 8.85. The van der Waals surface area contributed by atoms with E-state index in [1.807, 2.05) is 84.9 Å². The smallest absolute Gasteiger partial charge is 0.127 e. The van der Waals surface area contributed by atoms with Gasteiger partial charge in [-0.3, -0.25) is 0 Å². The maximum absolute atomic E-state index is 6.03. The van der Waals surface area contributed by atoms with Crippen LogP contribution in [0.15, 0.2) is 97.1 Å². The highest BCUT2D eigenvalue weighted by molar-refractivity contribution is 5.41. The van der Waals surface area contributed by atoms with Crippen molar-refractivity contribution in [2.24, 2.45) is 0 Å². The number of ether oxygens (including phenoxy) is 3. The summed E-state index contributed by atoms with van der Waals surface area (Å²) in [5.74, 6) is 4.68. The number of hydrogen-bond acceptors (Lipinski definition) is 3. The lowest BCUT2D eigenvalue weighted by molar-refractivity contribution is 0.436. The van der Waals surface area contributed by atoms with Gasteiger partial charge in [0, 0.05) is 0 Å². The maximum Gasteiger partial charge on any atom is 0.127 e. The van der Waals surface area contributed by atoms with Crippen LogP contribution in [0.2, 0.25) is 0 Å². The molecular weight excluding hydrogens is 420 g/mol. The van der Waals surface area contributed by atoms with E-state index in [0.29, 0.717) is 0 Å². The van der Waals surface area contributed by atoms with E-state index < -0.39 is 0 Å². The van der Waals surface area contributed by atoms with E-state index in [1.165, 1.54) is 11.1 Å². The fraction of sp³-hybridized carbons (Fsp3) is 0.226. The van der Waals surface area contributed by atoms with E-state index in [1.54, 1.807) is 0 Å². The first kappa shape index (κ1) is 23.4. The van der Waals surface area contributed by atoms with Gasteiger partial charge in [0.1, 0.15) is 34.5 Å². The minimum Gasteiger partial charge on any atom is -0.457 e. The van der Waals surface area contributed by atoms with E-state index in [9.17, 15) is 0 Å². The van der Waals surface area contributed by atoms with Gasteiger partial charge in [-0.05, 0) is 104 Å². The topological polar surface area (TPSA) is 27.7 Å². The molecule has 0 aromatic heterocycles. The van der Waals surface area contributed by atoms with E-state index in [0.717, 1.165) is 47.3 Å². The first-order chi connectivity index (χ1) is 16.5. The van der Waals surface area contributed by atoms with Crippen LogP contribution in [0.3, 0.4) is 0 Å². The Morgan fingerprint density at radius 2 is 0.735 bits per heavy atom. The molecule has 3 heteroatoms. The first-order valence-electron chi connectivity index (χ1n) is 11.9. The van der Waals surface area contributed by atoms with Crippen molar-refractivity contribution >= 4 is 0 Å². The highest BCUT2D eigenvalue weighted by Gasteiger charge is 2.21. The zero-order valence-corrected chi connectivity index (χ0v) is 20.4. The van der Waals surface area contributed by atoms with Gasteiger partial charge in [-0.15, -0.1) is 0 Å². The second-order valence-electron chi connectivity index (χ2n) is 8.85. The van der Waals surface area contributed by atoms with Crippen molar-refractivity contribution in [3.05, 3.63) is 108 Å². The number of aryl methyl sites for hydroxylation is 1. The summed E-state index contributed by atoms with van der Waals surface area (Å²) in [4.78, 5) is 0. The minimum absolute atomic E-state index is 0.211. The minimum atomic E-state index is 0.211. The van der Waals surface area contributed by atoms with Crippen molar-refractivity contribution in [3.8, 4) is 34.5 Å². The second kappa shape index (κ2) is 10.5. The van der Waals surface area contributed by atoms with Crippen LogP contribution in [0.4, 0.5) is 0 Å². The summed E-state index contributed by atoms with van der Waals surface area (Å²) in [5.41, 5.74) is 2.77. The largest absolute Gasteiger partial charge is 0.457 e. The fourth-order valence-corrected chi connectivity index (χ4v) is 3.75. The summed E-state index contributed by atoms with van der Waals surface area (Å²) >= 11 is 0. The van der Waals surface area contributed by atoms with Crippen LogP contribution in [0.5, 0.6) is 34.5 Å². The standard InChI is InChI=1S/C31H32O3/c1-5-31(4,6-2)24-9-13-26(14-10-24)33-28-17-21-30(22-18-28)34-29-19-15-27(16-20-29)32-25-11-7-23(3)8-12-25/h7-22H,5-6H2,1-4H3. The van der Waals surface area contributed by atoms with Crippen LogP contribution in [0.1, 0.15) is 44.7 Å². The van der Waals surface area contributed by atoms with E-state index in [2.05, 4.69) is 39.8 Å². The highest BCUT2D eigenvalue weighted by atomic mass is 16.5. The molecule has 4 aromatic rings. The Labute approximate surface area is 202 Å². The average molecular weight is 453 g/mol. The SMILES string of the molecule is CCC(C)(CC)c1ccc(Oc2ccc(Oc3ccc(Oc4ccc(C)cc4)cc3)cc2)cc1. The third kappa shape index (κ3) is 5.79. The van der Waals surface area contributed by atoms with Crippen molar-refractivity contribution in [1.29, 1.82) is 0 Å². The predicted octanol–water partition coefficient (Wildman–Crippen LogP) is 9.45. The van der Waals surface area contributed by atoms with Crippen LogP contribution < -0.4 is 14.2 Å². The van der Waals surface area contributed by atoms with Gasteiger partial charge in [0.25, 0.3) is 0 Å². The van der Waals surface area contributed by atoms with Gasteiger partial charge in [0.05, 0.1) is 0 Å². The van der Waals surface area contributed by atoms with Crippen LogP contribution >= 0.6 is 0 Å². The Balaban J connectivity index is 1.34. The summed E-state index contributed by atoms with van der Waals surface area (Å²) in [5, 5.41) is 0. The second-order valence-corrected chi connectivity index (χ2v) is 8.85. The molecule has 0 spiro atoms. The van der Waals surface area contributed by atoms with Crippen molar-refractivity contribution < 1.29 is 14.2 Å². The fourth-order valence-electron chi connectivity index (χ4n) is 3.75. The Hall–Kier alpha value is -3.72. The molecule has 0 aliphatic heterocycles. The Morgan fingerprint density at radius 3 is 1.03 bits per heavy atom. The third-order valence-corrected chi connectivity index (χ3v) is 6.49. The molecule has 3 nitrogen and oxygen atoms in total. The van der Waals surface area contributed by atoms with Crippen LogP contribution in [0.25, 0.3) is 0 Å². The monoisotopic (exact) mass is 452 g/mol. The van der Waals surface area contributed by atoms with Gasteiger partial charge in [-0.2, -0.15) is 0 Å². The predicted molar refractivity (Wildman–Crippen MR) is 139 cm³/mol. The van der Waals surface area contributed by atoms with Crippen molar-refractivity contribution in [2.45, 2.75) is 46.0 Å². The molecular formula is C31H32O3. The molecule has 0 heterocycles. The van der Waals surface area contributed by atoms with Crippen LogP contribution in [-0.2, 0) is 5.41 Å². The van der Waals surface area contributed by atoms with E-state index in [4.69, 9.17) is 14.2 Å². The maximum atomic E-state index is 6.03. The summed E-state index contributed by atoms with van der Waals surface area (Å²) in [7, 11) is 0. The summed E-state index contributed by atoms with van der Waals surface area (Å²) in [6.07, 6.45) is 2.24. The third-order valence-electron chi connectivity index (χ3n) is 6.49. The molecule has 0 saturated heterocycles. The molecule has 0 unspecified atom stereocenters. The number of hydrogen-bond donors (Lipinski definition) is 0. The number of rotatable bonds is 9. The lowest BCUT2D eigenvalue weighted by atomic mass is 9.78. The van der Waals surface area contributed by atoms with Crippen LogP contribution in [0, 0.1) is 6.92 Å². The summed E-state index contributed by atoms with van der Waals surface area (Å²) < 4.78 is 17.9. The molecule has 0 aliphatic carbocycles. The molecule has 34 heavy (non-hydrogen) atoms. The van der Waals surface area contributed by atoms with Crippen molar-refractivity contribution in [1.82, 2.24) is 0 Å². The Morgan fingerprint density at radius 1 is 0.471 bits per heavy atom. The number of benzene rings is 4. The molecule has 0 atom stereocenters. The lowest BCUT2D eigenvalue weighted by Crippen LogP contribution is -2.19. The van der Waals surface area contributed by atoms with Gasteiger partial charge in [0.2, 0.25) is 0 Å². The average Bonchev–Trinajstić information content (AvgIpc) is 2.88. The van der Waals surface area contributed by atoms with Gasteiger partial charge >= 0.3 is 0 Å². The molecule has 174 valence electrons. The van der Waals surface area contributed by atoms with Gasteiger partial charge in [-0.25, -0.2) is 0 Å². The Kier molecular flexibility index (Phi) is 7.22. The van der Waals surface area contributed by atoms with Crippen molar-refractivity contribution in [2.75, 3.05) is 0 Å². The van der Waals surface area contributed by atoms with Gasteiger partial charge in [-0.1, -0.05) is 50.6 Å². The van der Waals surface area contributed by atoms with Gasteiger partial charge < -0.3 is 14.2 Å². The molecule has 0 amide bonds. The highest BCUT2D eigenvalue weighted by Crippen LogP contribution is 2.33. The quantitative estimate of drug-likeness (QED) is 0.253. The molecule has 0 fully saturated rings. The van der Waals surface area contributed by atoms with Crippen LogP contribution in [-0.4, -0.2) is 0 Å². The molecule has 4 aromatic carbocycles. The normalized spacial score (nSPS) is 11.2. The molecule has 0 N–H and O–H groups in total. The molecule has 0 saturated carbocycles. The zero-order chi connectivity index (χ0) is 24.0. The molecule has 4 rings (SSSR count). The summed E-state index contributed by atoms with van der Waals surface area (Å²) in [6, 6.07) is 31.7. The van der Waals surface area contributed by atoms with E-state index >= 15 is 0 Å². The molecule has 0 bridgehead atoms. The first-order valence-corrected chi connectivity index (χ1v) is 11.9. The molecule has 0 aliphatic rings.